The molecule has 0 aliphatic carbocycles. The van der Waals surface area contributed by atoms with Crippen LogP contribution < -0.4 is 15.2 Å². The van der Waals surface area contributed by atoms with Gasteiger partial charge in [-0.05, 0) is 18.2 Å². The molecule has 1 aromatic carbocycles. The van der Waals surface area contributed by atoms with Crippen LogP contribution in [-0.2, 0) is 10.2 Å². The second-order valence-corrected chi connectivity index (χ2v) is 5.65. The summed E-state index contributed by atoms with van der Waals surface area (Å²) in [4.78, 5) is 0. The monoisotopic (exact) mass is 346 g/mol. The van der Waals surface area contributed by atoms with Crippen LogP contribution in [0.2, 0.25) is 5.02 Å². The molecule has 0 saturated carbocycles. The van der Waals surface area contributed by atoms with Crippen molar-refractivity contribution in [2.24, 2.45) is 10.9 Å². The second-order valence-electron chi connectivity index (χ2n) is 3.72. The molecule has 1 rings (SSSR count). The van der Waals surface area contributed by atoms with Crippen LogP contribution in [0.4, 0.5) is 18.9 Å². The predicted octanol–water partition coefficient (Wildman–Crippen LogP) is 1.24. The van der Waals surface area contributed by atoms with Crippen molar-refractivity contribution >= 4 is 33.3 Å². The number of halogens is 4. The van der Waals surface area contributed by atoms with Gasteiger partial charge in [0.2, 0.25) is 0 Å². The molecular weight excluding hydrogens is 337 g/mol. The van der Waals surface area contributed by atoms with Crippen LogP contribution >= 0.6 is 11.6 Å². The van der Waals surface area contributed by atoms with Crippen LogP contribution in [0.3, 0.4) is 0 Å². The second kappa shape index (κ2) is 6.37. The quantitative estimate of drug-likeness (QED) is 0.278. The summed E-state index contributed by atoms with van der Waals surface area (Å²) in [6, 6.07) is 3.66. The fourth-order valence-electron chi connectivity index (χ4n) is 1.24. The molecule has 0 atom stereocenters. The number of rotatable bonds is 5. The van der Waals surface area contributed by atoms with E-state index in [0.717, 1.165) is 6.07 Å². The molecule has 118 valence electrons. The fourth-order valence-corrected chi connectivity index (χ4v) is 2.29. The van der Waals surface area contributed by atoms with Gasteiger partial charge in [0.05, 0.1) is 5.69 Å². The van der Waals surface area contributed by atoms with Crippen molar-refractivity contribution in [1.82, 2.24) is 4.72 Å². The number of hydrogen-bond acceptors (Lipinski definition) is 4. The number of nitrogens with zero attached hydrogens (tertiary/aromatic N) is 1. The van der Waals surface area contributed by atoms with E-state index in [4.69, 9.17) is 22.5 Å². The lowest BCUT2D eigenvalue weighted by Crippen LogP contribution is -2.37. The van der Waals surface area contributed by atoms with Gasteiger partial charge in [-0.2, -0.15) is 26.3 Å². The average molecular weight is 347 g/mol. The van der Waals surface area contributed by atoms with Crippen molar-refractivity contribution < 1.29 is 26.8 Å². The van der Waals surface area contributed by atoms with Crippen LogP contribution in [0.25, 0.3) is 0 Å². The Kier molecular flexibility index (Phi) is 5.25. The van der Waals surface area contributed by atoms with Crippen molar-refractivity contribution in [1.29, 1.82) is 0 Å². The molecule has 0 amide bonds. The summed E-state index contributed by atoms with van der Waals surface area (Å²) < 4.78 is 62.2. The number of alkyl halides is 3. The third-order valence-electron chi connectivity index (χ3n) is 2.07. The van der Waals surface area contributed by atoms with E-state index < -0.39 is 28.8 Å². The van der Waals surface area contributed by atoms with E-state index in [9.17, 15) is 21.6 Å². The Balaban J connectivity index is 3.04. The van der Waals surface area contributed by atoms with Gasteiger partial charge in [-0.3, -0.25) is 4.72 Å². The molecule has 0 spiro atoms. The van der Waals surface area contributed by atoms with Crippen LogP contribution in [0.5, 0.6) is 0 Å². The highest BCUT2D eigenvalue weighted by molar-refractivity contribution is 7.90. The lowest BCUT2D eigenvalue weighted by atomic mass is 10.1. The van der Waals surface area contributed by atoms with E-state index in [2.05, 4.69) is 5.16 Å². The number of anilines is 1. The number of nitrogens with two attached hydrogens (primary N) is 1. The lowest BCUT2D eigenvalue weighted by Gasteiger charge is -2.14. The maximum Gasteiger partial charge on any atom is 0.402 e. The molecule has 0 unspecified atom stereocenters. The third kappa shape index (κ3) is 5.65. The van der Waals surface area contributed by atoms with Crippen molar-refractivity contribution in [3.8, 4) is 0 Å². The Morgan fingerprint density at radius 3 is 2.57 bits per heavy atom. The Hall–Kier alpha value is -1.72. The summed E-state index contributed by atoms with van der Waals surface area (Å²) in [6.07, 6.45) is -4.71. The summed E-state index contributed by atoms with van der Waals surface area (Å²) >= 11 is 5.66. The minimum Gasteiger partial charge on any atom is -0.409 e. The molecule has 1 aromatic rings. The van der Waals surface area contributed by atoms with Crippen LogP contribution in [0.15, 0.2) is 23.4 Å². The normalized spacial score (nSPS) is 13.2. The molecule has 21 heavy (non-hydrogen) atoms. The summed E-state index contributed by atoms with van der Waals surface area (Å²) in [5.41, 5.74) is 5.03. The van der Waals surface area contributed by atoms with Crippen molar-refractivity contribution in [3.63, 3.8) is 0 Å². The van der Waals surface area contributed by atoms with Gasteiger partial charge in [0, 0.05) is 10.6 Å². The SMILES string of the molecule is N/C(=N/O)c1ccc(Cl)cc1NS(=O)(=O)NCC(F)(F)F. The molecular formula is C9H10ClF3N4O3S. The number of amidine groups is 1. The van der Waals surface area contributed by atoms with Crippen molar-refractivity contribution in [3.05, 3.63) is 28.8 Å². The Morgan fingerprint density at radius 2 is 2.05 bits per heavy atom. The zero-order chi connectivity index (χ0) is 16.3. The van der Waals surface area contributed by atoms with Gasteiger partial charge in [0.15, 0.2) is 5.84 Å². The number of oxime groups is 1. The zero-order valence-corrected chi connectivity index (χ0v) is 11.7. The largest absolute Gasteiger partial charge is 0.409 e. The van der Waals surface area contributed by atoms with Crippen molar-refractivity contribution in [2.75, 3.05) is 11.3 Å². The molecule has 0 bridgehead atoms. The molecule has 0 radical (unpaired) electrons. The average Bonchev–Trinajstić information content (AvgIpc) is 2.35. The first kappa shape index (κ1) is 17.3. The van der Waals surface area contributed by atoms with E-state index in [0.29, 0.717) is 0 Å². The van der Waals surface area contributed by atoms with Crippen LogP contribution in [0, 0.1) is 0 Å². The lowest BCUT2D eigenvalue weighted by molar-refractivity contribution is -0.121. The van der Waals surface area contributed by atoms with Crippen LogP contribution in [-0.4, -0.2) is 32.2 Å². The molecule has 5 N–H and O–H groups in total. The number of benzene rings is 1. The standard InChI is InChI=1S/C9H10ClF3N4O3S/c10-5-1-2-6(8(14)16-18)7(3-5)17-21(19,20)15-4-9(11,12)13/h1-3,15,17-18H,4H2,(H2,14,16). The smallest absolute Gasteiger partial charge is 0.402 e. The molecule has 7 nitrogen and oxygen atoms in total. The van der Waals surface area contributed by atoms with Gasteiger partial charge in [0.25, 0.3) is 10.2 Å². The van der Waals surface area contributed by atoms with Gasteiger partial charge in [-0.1, -0.05) is 16.8 Å². The first-order valence-electron chi connectivity index (χ1n) is 5.15. The highest BCUT2D eigenvalue weighted by Gasteiger charge is 2.29. The number of nitrogens with one attached hydrogen (secondary N) is 2. The molecule has 0 saturated heterocycles. The van der Waals surface area contributed by atoms with Crippen molar-refractivity contribution in [2.45, 2.75) is 6.18 Å². The summed E-state index contributed by atoms with van der Waals surface area (Å²) in [5.74, 6) is -0.444. The summed E-state index contributed by atoms with van der Waals surface area (Å²) in [5, 5.41) is 11.4. The fraction of sp³-hybridized carbons (Fsp3) is 0.222. The molecule has 0 aliphatic heterocycles. The van der Waals surface area contributed by atoms with E-state index in [1.807, 2.05) is 4.72 Å². The van der Waals surface area contributed by atoms with E-state index in [-0.39, 0.29) is 16.3 Å². The van der Waals surface area contributed by atoms with E-state index >= 15 is 0 Å². The highest BCUT2D eigenvalue weighted by Crippen LogP contribution is 2.22. The van der Waals surface area contributed by atoms with E-state index in [1.165, 1.54) is 16.9 Å². The van der Waals surface area contributed by atoms with Gasteiger partial charge >= 0.3 is 6.18 Å². The van der Waals surface area contributed by atoms with Gasteiger partial charge in [0.1, 0.15) is 6.54 Å². The van der Waals surface area contributed by atoms with Gasteiger partial charge in [-0.25, -0.2) is 0 Å². The maximum atomic E-state index is 12.0. The first-order chi connectivity index (χ1) is 9.54. The molecule has 0 aromatic heterocycles. The Bertz CT molecular complexity index is 648. The van der Waals surface area contributed by atoms with Gasteiger partial charge in [-0.15, -0.1) is 0 Å². The predicted molar refractivity (Wildman–Crippen MR) is 70.6 cm³/mol. The molecule has 0 heterocycles. The third-order valence-corrected chi connectivity index (χ3v) is 3.32. The minimum atomic E-state index is -4.71. The van der Waals surface area contributed by atoms with Gasteiger partial charge < -0.3 is 10.9 Å². The Labute approximate surface area is 122 Å². The van der Waals surface area contributed by atoms with Crippen LogP contribution in [0.1, 0.15) is 5.56 Å². The minimum absolute atomic E-state index is 0.0562. The summed E-state index contributed by atoms with van der Waals surface area (Å²) in [6.45, 7) is -1.75. The molecule has 0 aliphatic rings. The molecule has 0 fully saturated rings. The highest BCUT2D eigenvalue weighted by atomic mass is 35.5. The van der Waals surface area contributed by atoms with E-state index in [1.54, 1.807) is 0 Å². The Morgan fingerprint density at radius 1 is 1.43 bits per heavy atom. The molecule has 12 heteroatoms. The summed E-state index contributed by atoms with van der Waals surface area (Å²) in [7, 11) is -4.52. The zero-order valence-electron chi connectivity index (χ0n) is 10.1. The topological polar surface area (TPSA) is 117 Å². The maximum absolute atomic E-state index is 12.0. The number of hydrogen-bond donors (Lipinski definition) is 4. The first-order valence-corrected chi connectivity index (χ1v) is 7.02.